The molecule has 1 unspecified atom stereocenters. The maximum Gasteiger partial charge on any atom is 0.337 e. The molecule has 8 heteroatoms. The molecular weight excluding hydrogens is 318 g/mol. The predicted octanol–water partition coefficient (Wildman–Crippen LogP) is 1.39. The molecule has 2 rings (SSSR count). The first-order valence-corrected chi connectivity index (χ1v) is 8.69. The third-order valence-electron chi connectivity index (χ3n) is 3.24. The molecule has 0 aromatic heterocycles. The molecule has 0 N–H and O–H groups in total. The van der Waals surface area contributed by atoms with Crippen LogP contribution in [0.3, 0.4) is 0 Å². The number of amides is 1. The SMILES string of the molecule is COC(=O)c1ccc(N2CC(CS(=O)(=O)Cl)CC2=O)cc1. The second-order valence-electron chi connectivity index (χ2n) is 4.82. The number of anilines is 1. The lowest BCUT2D eigenvalue weighted by molar-refractivity contribution is -0.117. The zero-order valence-electron chi connectivity index (χ0n) is 11.3. The van der Waals surface area contributed by atoms with Gasteiger partial charge in [-0.1, -0.05) is 0 Å². The van der Waals surface area contributed by atoms with Crippen LogP contribution in [0, 0.1) is 5.92 Å². The third kappa shape index (κ3) is 3.95. The number of methoxy groups -OCH3 is 1. The summed E-state index contributed by atoms with van der Waals surface area (Å²) in [6.07, 6.45) is 0.144. The number of hydrogen-bond donors (Lipinski definition) is 0. The fourth-order valence-electron chi connectivity index (χ4n) is 2.32. The quantitative estimate of drug-likeness (QED) is 0.615. The molecule has 1 saturated heterocycles. The monoisotopic (exact) mass is 331 g/mol. The highest BCUT2D eigenvalue weighted by Crippen LogP contribution is 2.27. The van der Waals surface area contributed by atoms with E-state index in [0.717, 1.165) is 0 Å². The highest BCUT2D eigenvalue weighted by atomic mass is 35.7. The van der Waals surface area contributed by atoms with Crippen molar-refractivity contribution in [3.8, 4) is 0 Å². The van der Waals surface area contributed by atoms with Gasteiger partial charge in [-0.3, -0.25) is 4.79 Å². The number of benzene rings is 1. The molecule has 0 aliphatic carbocycles. The molecule has 0 radical (unpaired) electrons. The Bertz CT molecular complexity index is 656. The largest absolute Gasteiger partial charge is 0.465 e. The molecule has 114 valence electrons. The molecule has 1 fully saturated rings. The minimum absolute atomic E-state index is 0.144. The first-order valence-electron chi connectivity index (χ1n) is 6.21. The van der Waals surface area contributed by atoms with Gasteiger partial charge in [-0.15, -0.1) is 0 Å². The smallest absolute Gasteiger partial charge is 0.337 e. The molecule has 1 atom stereocenters. The van der Waals surface area contributed by atoms with E-state index < -0.39 is 15.0 Å². The number of ether oxygens (including phenoxy) is 1. The maximum atomic E-state index is 11.9. The minimum atomic E-state index is -3.63. The Kier molecular flexibility index (Phi) is 4.53. The highest BCUT2D eigenvalue weighted by molar-refractivity contribution is 8.13. The van der Waals surface area contributed by atoms with Crippen LogP contribution in [0.5, 0.6) is 0 Å². The van der Waals surface area contributed by atoms with Crippen LogP contribution in [0.2, 0.25) is 0 Å². The second kappa shape index (κ2) is 6.03. The number of halogens is 1. The van der Waals surface area contributed by atoms with Crippen LogP contribution in [0.4, 0.5) is 5.69 Å². The molecule has 6 nitrogen and oxygen atoms in total. The van der Waals surface area contributed by atoms with E-state index in [1.165, 1.54) is 12.0 Å². The van der Waals surface area contributed by atoms with E-state index in [2.05, 4.69) is 4.74 Å². The van der Waals surface area contributed by atoms with E-state index in [1.54, 1.807) is 24.3 Å². The summed E-state index contributed by atoms with van der Waals surface area (Å²) in [6, 6.07) is 6.36. The number of esters is 1. The topological polar surface area (TPSA) is 80.8 Å². The van der Waals surface area contributed by atoms with Gasteiger partial charge in [0.25, 0.3) is 0 Å². The lowest BCUT2D eigenvalue weighted by atomic mass is 10.1. The molecule has 0 spiro atoms. The molecule has 1 heterocycles. The van der Waals surface area contributed by atoms with Crippen LogP contribution in [0.25, 0.3) is 0 Å². The molecular formula is C13H14ClNO5S. The molecule has 1 amide bonds. The number of nitrogens with zero attached hydrogens (tertiary/aromatic N) is 1. The lowest BCUT2D eigenvalue weighted by Gasteiger charge is -2.16. The predicted molar refractivity (Wildman–Crippen MR) is 77.9 cm³/mol. The highest BCUT2D eigenvalue weighted by Gasteiger charge is 2.33. The van der Waals surface area contributed by atoms with Gasteiger partial charge in [-0.2, -0.15) is 0 Å². The van der Waals surface area contributed by atoms with Crippen molar-refractivity contribution in [2.75, 3.05) is 24.3 Å². The molecule has 1 aliphatic rings. The van der Waals surface area contributed by atoms with Gasteiger partial charge in [0.1, 0.15) is 0 Å². The number of hydrogen-bond acceptors (Lipinski definition) is 5. The van der Waals surface area contributed by atoms with Gasteiger partial charge in [0.15, 0.2) is 0 Å². The summed E-state index contributed by atoms with van der Waals surface area (Å²) in [7, 11) is 2.88. The molecule has 21 heavy (non-hydrogen) atoms. The van der Waals surface area contributed by atoms with Crippen molar-refractivity contribution in [3.63, 3.8) is 0 Å². The summed E-state index contributed by atoms with van der Waals surface area (Å²) in [5, 5.41) is 0. The Labute approximate surface area is 127 Å². The molecule has 1 aromatic carbocycles. The van der Waals surface area contributed by atoms with Crippen molar-refractivity contribution >= 4 is 37.3 Å². The molecule has 1 aromatic rings. The first-order chi connectivity index (χ1) is 9.80. The van der Waals surface area contributed by atoms with Gasteiger partial charge < -0.3 is 9.64 Å². The van der Waals surface area contributed by atoms with E-state index in [-0.39, 0.29) is 24.0 Å². The summed E-state index contributed by atoms with van der Waals surface area (Å²) in [5.41, 5.74) is 0.995. The Morgan fingerprint density at radius 3 is 2.52 bits per heavy atom. The average Bonchev–Trinajstić information content (AvgIpc) is 2.76. The van der Waals surface area contributed by atoms with Crippen molar-refractivity contribution in [2.45, 2.75) is 6.42 Å². The van der Waals surface area contributed by atoms with Gasteiger partial charge in [-0.05, 0) is 24.3 Å². The van der Waals surface area contributed by atoms with Gasteiger partial charge in [0.2, 0.25) is 15.0 Å². The fourth-order valence-corrected chi connectivity index (χ4v) is 3.64. The second-order valence-corrected chi connectivity index (χ2v) is 7.64. The molecule has 1 aliphatic heterocycles. The van der Waals surface area contributed by atoms with E-state index in [0.29, 0.717) is 17.8 Å². The number of rotatable bonds is 4. The molecule has 0 saturated carbocycles. The van der Waals surface area contributed by atoms with Crippen molar-refractivity contribution in [1.29, 1.82) is 0 Å². The summed E-state index contributed by atoms with van der Waals surface area (Å²) >= 11 is 0. The van der Waals surface area contributed by atoms with Crippen LogP contribution in [0.15, 0.2) is 24.3 Å². The van der Waals surface area contributed by atoms with Gasteiger partial charge in [0.05, 0.1) is 18.4 Å². The van der Waals surface area contributed by atoms with Crippen molar-refractivity contribution in [3.05, 3.63) is 29.8 Å². The Balaban J connectivity index is 2.12. The van der Waals surface area contributed by atoms with Gasteiger partial charge in [-0.25, -0.2) is 13.2 Å². The van der Waals surface area contributed by atoms with E-state index in [1.807, 2.05) is 0 Å². The molecule has 0 bridgehead atoms. The summed E-state index contributed by atoms with van der Waals surface area (Å²) in [6.45, 7) is 0.294. The zero-order chi connectivity index (χ0) is 15.6. The number of carbonyl (C=O) groups is 2. The number of carbonyl (C=O) groups excluding carboxylic acids is 2. The van der Waals surface area contributed by atoms with Crippen LogP contribution < -0.4 is 4.90 Å². The van der Waals surface area contributed by atoms with Gasteiger partial charge >= 0.3 is 5.97 Å². The Morgan fingerprint density at radius 2 is 2.00 bits per heavy atom. The minimum Gasteiger partial charge on any atom is -0.465 e. The third-order valence-corrected chi connectivity index (χ3v) is 4.49. The Morgan fingerprint density at radius 1 is 1.38 bits per heavy atom. The van der Waals surface area contributed by atoms with Crippen molar-refractivity contribution < 1.29 is 22.7 Å². The fraction of sp³-hybridized carbons (Fsp3) is 0.385. The lowest BCUT2D eigenvalue weighted by Crippen LogP contribution is -2.25. The maximum absolute atomic E-state index is 11.9. The zero-order valence-corrected chi connectivity index (χ0v) is 12.9. The normalized spacial score (nSPS) is 18.9. The Hall–Kier alpha value is -1.60. The van der Waals surface area contributed by atoms with E-state index in [9.17, 15) is 18.0 Å². The summed E-state index contributed by atoms with van der Waals surface area (Å²) in [4.78, 5) is 24.8. The average molecular weight is 332 g/mol. The van der Waals surface area contributed by atoms with Crippen LogP contribution >= 0.6 is 10.7 Å². The standard InChI is InChI=1S/C13H14ClNO5S/c1-20-13(17)10-2-4-11(5-3-10)15-7-9(6-12(15)16)8-21(14,18)19/h2-5,9H,6-8H2,1H3. The summed E-state index contributed by atoms with van der Waals surface area (Å²) < 4.78 is 26.7. The van der Waals surface area contributed by atoms with Gasteiger partial charge in [0, 0.05) is 35.3 Å². The van der Waals surface area contributed by atoms with Crippen molar-refractivity contribution in [2.24, 2.45) is 5.92 Å². The van der Waals surface area contributed by atoms with E-state index in [4.69, 9.17) is 10.7 Å². The van der Waals surface area contributed by atoms with E-state index >= 15 is 0 Å². The van der Waals surface area contributed by atoms with Crippen molar-refractivity contribution in [1.82, 2.24) is 0 Å². The van der Waals surface area contributed by atoms with Crippen LogP contribution in [-0.4, -0.2) is 39.7 Å². The van der Waals surface area contributed by atoms with Crippen LogP contribution in [0.1, 0.15) is 16.8 Å². The first kappa shape index (κ1) is 15.8. The van der Waals surface area contributed by atoms with Crippen LogP contribution in [-0.2, 0) is 18.6 Å². The summed E-state index contributed by atoms with van der Waals surface area (Å²) in [5.74, 6) is -1.16.